The Morgan fingerprint density at radius 1 is 1.09 bits per heavy atom. The fourth-order valence-corrected chi connectivity index (χ4v) is 4.44. The van der Waals surface area contributed by atoms with Crippen LogP contribution in [0.25, 0.3) is 10.9 Å². The molecule has 2 N–H and O–H groups in total. The molecule has 1 aromatic heterocycles. The van der Waals surface area contributed by atoms with Crippen molar-refractivity contribution in [3.05, 3.63) is 69.2 Å². The van der Waals surface area contributed by atoms with Crippen LogP contribution < -0.4 is 15.5 Å². The monoisotopic (exact) mass is 467 g/mol. The van der Waals surface area contributed by atoms with Gasteiger partial charge >= 0.3 is 0 Å². The van der Waals surface area contributed by atoms with Gasteiger partial charge in [-0.25, -0.2) is 4.98 Å². The van der Waals surface area contributed by atoms with Gasteiger partial charge in [-0.2, -0.15) is 0 Å². The zero-order chi connectivity index (χ0) is 23.5. The van der Waals surface area contributed by atoms with E-state index in [0.717, 1.165) is 48.1 Å². The molecule has 0 unspecified atom stereocenters. The zero-order valence-corrected chi connectivity index (χ0v) is 19.3. The highest BCUT2D eigenvalue weighted by atomic mass is 35.5. The first kappa shape index (κ1) is 22.8. The summed E-state index contributed by atoms with van der Waals surface area (Å²) >= 11 is 5.84. The van der Waals surface area contributed by atoms with E-state index in [1.807, 2.05) is 32.3 Å². The summed E-state index contributed by atoms with van der Waals surface area (Å²) < 4.78 is 0. The Labute approximate surface area is 197 Å². The molecule has 1 amide bonds. The summed E-state index contributed by atoms with van der Waals surface area (Å²) in [6.07, 6.45) is 3.40. The van der Waals surface area contributed by atoms with Gasteiger partial charge in [-0.15, -0.1) is 0 Å². The van der Waals surface area contributed by atoms with Crippen molar-refractivity contribution in [1.29, 1.82) is 0 Å². The quantitative estimate of drug-likeness (QED) is 0.390. The second-order valence-corrected chi connectivity index (χ2v) is 8.94. The van der Waals surface area contributed by atoms with E-state index in [0.29, 0.717) is 0 Å². The van der Waals surface area contributed by atoms with Gasteiger partial charge in [0.1, 0.15) is 10.8 Å². The lowest BCUT2D eigenvalue weighted by Gasteiger charge is -2.30. The molecule has 1 aliphatic rings. The van der Waals surface area contributed by atoms with Crippen LogP contribution in [0.3, 0.4) is 0 Å². The third kappa shape index (κ3) is 5.17. The molecule has 8 nitrogen and oxygen atoms in total. The number of benzene rings is 2. The van der Waals surface area contributed by atoms with Crippen molar-refractivity contribution < 1.29 is 9.72 Å². The Hall–Kier alpha value is -3.39. The lowest BCUT2D eigenvalue weighted by Crippen LogP contribution is -2.40. The van der Waals surface area contributed by atoms with Gasteiger partial charge in [0.15, 0.2) is 0 Å². The predicted molar refractivity (Wildman–Crippen MR) is 131 cm³/mol. The standard InChI is InChI=1S/C24H26ClN5O3/c1-29(2)21-14-23(28-20-6-4-3-5-18(20)21)26-16-8-10-17(11-9-16)27-24(31)15-7-12-19(25)22(13-15)30(32)33/h3-7,12-14,16-17H,8-11H2,1-2H3,(H,26,28)(H,27,31). The first-order valence-electron chi connectivity index (χ1n) is 10.9. The molecule has 4 rings (SSSR count). The number of carbonyl (C=O) groups excluding carboxylic acids is 1. The van der Waals surface area contributed by atoms with Gasteiger partial charge in [0.2, 0.25) is 0 Å². The summed E-state index contributed by atoms with van der Waals surface area (Å²) in [4.78, 5) is 29.9. The zero-order valence-electron chi connectivity index (χ0n) is 18.5. The van der Waals surface area contributed by atoms with Gasteiger partial charge in [-0.05, 0) is 43.9 Å². The minimum absolute atomic E-state index is 0.0165. The molecule has 0 aliphatic heterocycles. The second kappa shape index (κ2) is 9.62. The van der Waals surface area contributed by atoms with E-state index in [1.165, 1.54) is 18.2 Å². The average Bonchev–Trinajstić information content (AvgIpc) is 2.79. The summed E-state index contributed by atoms with van der Waals surface area (Å²) in [6, 6.07) is 14.6. The molecule has 1 heterocycles. The van der Waals surface area contributed by atoms with Crippen LogP contribution in [0.2, 0.25) is 5.02 Å². The molecule has 2 aromatic carbocycles. The molecule has 3 aromatic rings. The Bertz CT molecular complexity index is 1190. The van der Waals surface area contributed by atoms with E-state index in [9.17, 15) is 14.9 Å². The van der Waals surface area contributed by atoms with E-state index in [-0.39, 0.29) is 34.3 Å². The van der Waals surface area contributed by atoms with E-state index in [4.69, 9.17) is 16.6 Å². The number of aromatic nitrogens is 1. The van der Waals surface area contributed by atoms with Gasteiger partial charge in [-0.1, -0.05) is 29.8 Å². The Balaban J connectivity index is 1.37. The van der Waals surface area contributed by atoms with Crippen LogP contribution in [-0.2, 0) is 0 Å². The average molecular weight is 468 g/mol. The fourth-order valence-electron chi connectivity index (χ4n) is 4.25. The molecule has 1 aliphatic carbocycles. The van der Waals surface area contributed by atoms with Gasteiger partial charge in [0.25, 0.3) is 11.6 Å². The van der Waals surface area contributed by atoms with Crippen LogP contribution in [0.4, 0.5) is 17.2 Å². The van der Waals surface area contributed by atoms with Gasteiger partial charge in [0, 0.05) is 54.9 Å². The summed E-state index contributed by atoms with van der Waals surface area (Å²) in [5.41, 5.74) is 2.03. The largest absolute Gasteiger partial charge is 0.377 e. The minimum Gasteiger partial charge on any atom is -0.377 e. The van der Waals surface area contributed by atoms with Crippen molar-refractivity contribution in [1.82, 2.24) is 10.3 Å². The number of hydrogen-bond donors (Lipinski definition) is 2. The summed E-state index contributed by atoms with van der Waals surface area (Å²) in [6.45, 7) is 0. The molecule has 0 spiro atoms. The van der Waals surface area contributed by atoms with Crippen molar-refractivity contribution in [2.45, 2.75) is 37.8 Å². The van der Waals surface area contributed by atoms with Crippen LogP contribution in [0, 0.1) is 10.1 Å². The van der Waals surface area contributed by atoms with Crippen molar-refractivity contribution in [2.24, 2.45) is 0 Å². The Morgan fingerprint density at radius 2 is 1.79 bits per heavy atom. The van der Waals surface area contributed by atoms with Gasteiger partial charge in [-0.3, -0.25) is 14.9 Å². The topological polar surface area (TPSA) is 100 Å². The molecular weight excluding hydrogens is 442 g/mol. The highest BCUT2D eigenvalue weighted by Crippen LogP contribution is 2.30. The number of nitrogens with zero attached hydrogens (tertiary/aromatic N) is 3. The molecule has 0 bridgehead atoms. The number of amides is 1. The number of halogens is 1. The SMILES string of the molecule is CN(C)c1cc(NC2CCC(NC(=O)c3ccc(Cl)c([N+](=O)[O-])c3)CC2)nc2ccccc12. The fraction of sp³-hybridized carbons (Fsp3) is 0.333. The molecule has 1 fully saturated rings. The summed E-state index contributed by atoms with van der Waals surface area (Å²) in [5.74, 6) is 0.524. The summed E-state index contributed by atoms with van der Waals surface area (Å²) in [5, 5.41) is 18.8. The smallest absolute Gasteiger partial charge is 0.288 e. The number of para-hydroxylation sites is 1. The van der Waals surface area contributed by atoms with Crippen LogP contribution in [0.15, 0.2) is 48.5 Å². The molecule has 9 heteroatoms. The highest BCUT2D eigenvalue weighted by molar-refractivity contribution is 6.32. The van der Waals surface area contributed by atoms with E-state index in [1.54, 1.807) is 0 Å². The van der Waals surface area contributed by atoms with Crippen molar-refractivity contribution in [2.75, 3.05) is 24.3 Å². The number of rotatable bonds is 6. The van der Waals surface area contributed by atoms with Crippen LogP contribution in [-0.4, -0.2) is 42.0 Å². The maximum absolute atomic E-state index is 12.6. The van der Waals surface area contributed by atoms with Crippen molar-refractivity contribution in [3.8, 4) is 0 Å². The number of nitro groups is 1. The van der Waals surface area contributed by atoms with Gasteiger partial charge in [0.05, 0.1) is 10.4 Å². The first-order valence-corrected chi connectivity index (χ1v) is 11.3. The van der Waals surface area contributed by atoms with Crippen LogP contribution in [0.5, 0.6) is 0 Å². The number of pyridine rings is 1. The summed E-state index contributed by atoms with van der Waals surface area (Å²) in [7, 11) is 4.05. The lowest BCUT2D eigenvalue weighted by atomic mass is 9.91. The third-order valence-corrected chi connectivity index (χ3v) is 6.32. The Morgan fingerprint density at radius 3 is 2.48 bits per heavy atom. The molecule has 0 saturated heterocycles. The normalized spacial score (nSPS) is 18.0. The third-order valence-electron chi connectivity index (χ3n) is 6.00. The molecule has 1 saturated carbocycles. The number of anilines is 2. The van der Waals surface area contributed by atoms with E-state index < -0.39 is 4.92 Å². The molecule has 33 heavy (non-hydrogen) atoms. The molecule has 0 atom stereocenters. The molecule has 0 radical (unpaired) electrons. The Kier molecular flexibility index (Phi) is 6.65. The minimum atomic E-state index is -0.585. The van der Waals surface area contributed by atoms with Crippen molar-refractivity contribution in [3.63, 3.8) is 0 Å². The number of fused-ring (bicyclic) bond motifs is 1. The molecular formula is C24H26ClN5O3. The van der Waals surface area contributed by atoms with Crippen LogP contribution in [0.1, 0.15) is 36.0 Å². The highest BCUT2D eigenvalue weighted by Gasteiger charge is 2.24. The lowest BCUT2D eigenvalue weighted by molar-refractivity contribution is -0.384. The van der Waals surface area contributed by atoms with Crippen molar-refractivity contribution >= 4 is 45.6 Å². The number of carbonyl (C=O) groups is 1. The second-order valence-electron chi connectivity index (χ2n) is 8.53. The first-order chi connectivity index (χ1) is 15.8. The number of nitro benzene ring substituents is 1. The van der Waals surface area contributed by atoms with Crippen LogP contribution >= 0.6 is 11.6 Å². The molecule has 172 valence electrons. The van der Waals surface area contributed by atoms with E-state index in [2.05, 4.69) is 27.7 Å². The maximum Gasteiger partial charge on any atom is 0.288 e. The predicted octanol–water partition coefficient (Wildman–Crippen LogP) is 5.02. The van der Waals surface area contributed by atoms with E-state index >= 15 is 0 Å². The maximum atomic E-state index is 12.6. The number of hydrogen-bond acceptors (Lipinski definition) is 6. The van der Waals surface area contributed by atoms with Gasteiger partial charge < -0.3 is 15.5 Å². The number of nitrogens with one attached hydrogen (secondary N) is 2.